The normalized spacial score (nSPS) is 48.2. The molecular weight excluding hydrogens is 749 g/mol. The fraction of sp³-hybridized carbons (Fsp3) is 0.875. The van der Waals surface area contributed by atoms with Gasteiger partial charge in [0.05, 0.1) is 61.0 Å². The second-order valence-electron chi connectivity index (χ2n) is 20.3. The van der Waals surface area contributed by atoms with Crippen molar-refractivity contribution in [3.05, 3.63) is 36.5 Å². The van der Waals surface area contributed by atoms with Crippen LogP contribution in [0.1, 0.15) is 126 Å². The molecule has 10 heteroatoms. The predicted molar refractivity (Wildman–Crippen MR) is 228 cm³/mol. The average Bonchev–Trinajstić information content (AvgIpc) is 3.87. The van der Waals surface area contributed by atoms with E-state index in [2.05, 4.69) is 73.8 Å². The number of ether oxygens (including phenoxy) is 7. The van der Waals surface area contributed by atoms with Gasteiger partial charge in [0, 0.05) is 31.8 Å². The van der Waals surface area contributed by atoms with Crippen LogP contribution in [0.3, 0.4) is 0 Å². The van der Waals surface area contributed by atoms with Crippen molar-refractivity contribution in [1.82, 2.24) is 0 Å². The van der Waals surface area contributed by atoms with Gasteiger partial charge in [0.2, 0.25) is 0 Å². The number of hydrogen-bond donors (Lipinski definition) is 1. The zero-order chi connectivity index (χ0) is 40.9. The first-order valence-corrected chi connectivity index (χ1v) is 26.3. The molecule has 11 bridgehead atoms. The number of aliphatic hydroxyl groups is 1. The van der Waals surface area contributed by atoms with Gasteiger partial charge in [-0.25, -0.2) is 0 Å². The van der Waals surface area contributed by atoms with Crippen LogP contribution in [0.2, 0.25) is 18.1 Å². The van der Waals surface area contributed by atoms with E-state index in [9.17, 15) is 5.11 Å². The molecule has 9 heterocycles. The largest absolute Gasteiger partial charge is 0.417 e. The summed E-state index contributed by atoms with van der Waals surface area (Å²) in [5.74, 6) is 0.798. The van der Waals surface area contributed by atoms with Crippen LogP contribution in [-0.4, -0.2) is 105 Å². The third kappa shape index (κ3) is 8.83. The lowest BCUT2D eigenvalue weighted by molar-refractivity contribution is -0.262. The van der Waals surface area contributed by atoms with E-state index >= 15 is 0 Å². The van der Waals surface area contributed by atoms with E-state index in [1.165, 1.54) is 29.3 Å². The molecule has 1 spiro atoms. The second-order valence-corrected chi connectivity index (χ2v) is 25.1. The predicted octanol–water partition coefficient (Wildman–Crippen LogP) is 9.22. The maximum atomic E-state index is 11.7. The molecular formula is C48H78O9Si. The summed E-state index contributed by atoms with van der Waals surface area (Å²) in [4.78, 5) is 0. The van der Waals surface area contributed by atoms with Crippen molar-refractivity contribution in [2.24, 2.45) is 29.6 Å². The zero-order valence-corrected chi connectivity index (χ0v) is 38.0. The van der Waals surface area contributed by atoms with E-state index in [1.807, 2.05) is 0 Å². The van der Waals surface area contributed by atoms with Gasteiger partial charge < -0.3 is 42.7 Å². The molecule has 19 atom stereocenters. The maximum absolute atomic E-state index is 11.7. The number of aliphatic hydroxyl groups excluding tert-OH is 1. The number of hydrogen-bond acceptors (Lipinski definition) is 9. The van der Waals surface area contributed by atoms with Crippen molar-refractivity contribution in [3.63, 3.8) is 0 Å². The monoisotopic (exact) mass is 827 g/mol. The summed E-state index contributed by atoms with van der Waals surface area (Å²) in [6, 6.07) is 3.50. The Labute approximate surface area is 351 Å². The molecule has 9 aliphatic heterocycles. The van der Waals surface area contributed by atoms with E-state index in [4.69, 9.17) is 37.6 Å². The van der Waals surface area contributed by atoms with Crippen LogP contribution >= 0.6 is 0 Å². The van der Waals surface area contributed by atoms with Crippen LogP contribution in [-0.2, 0) is 37.6 Å². The topological polar surface area (TPSA) is 94.1 Å². The van der Waals surface area contributed by atoms with Crippen molar-refractivity contribution in [2.75, 3.05) is 6.61 Å². The molecule has 0 aliphatic carbocycles. The Morgan fingerprint density at radius 2 is 1.48 bits per heavy atom. The third-order valence-electron chi connectivity index (χ3n) is 16.5. The molecule has 9 aliphatic rings. The summed E-state index contributed by atoms with van der Waals surface area (Å²) in [7, 11) is -1.66. The van der Waals surface area contributed by atoms with Crippen molar-refractivity contribution in [2.45, 2.75) is 229 Å². The Morgan fingerprint density at radius 3 is 2.26 bits per heavy atom. The van der Waals surface area contributed by atoms with E-state index < -0.39 is 20.2 Å². The van der Waals surface area contributed by atoms with Gasteiger partial charge in [0.25, 0.3) is 0 Å². The fourth-order valence-corrected chi connectivity index (χ4v) is 15.1. The molecule has 8 saturated heterocycles. The molecule has 9 rings (SSSR count). The summed E-state index contributed by atoms with van der Waals surface area (Å²) in [6.45, 7) is 26.0. The van der Waals surface area contributed by atoms with Crippen LogP contribution in [0.4, 0.5) is 0 Å². The lowest BCUT2D eigenvalue weighted by Gasteiger charge is -2.42. The van der Waals surface area contributed by atoms with Crippen LogP contribution in [0, 0.1) is 29.6 Å². The number of fused-ring (bicyclic) bond motifs is 6. The van der Waals surface area contributed by atoms with Gasteiger partial charge in [-0.3, -0.25) is 0 Å². The molecule has 5 unspecified atom stereocenters. The SMILES string of the molecule is C=C1CC2CC[C@@]34C[C@H]5O[C@H]6[C@@H](O3)[C@@H](C)[C@H](C/C=C/CC(O)C[C@@H]3[C@@H](C)[C@@H](C[C@H](C)CO[Si](CC)(CC)CC)O[C@H]3CC3O[C@@H](CCC1O2)C[C@@H](C)C3=C)O[C@H]6C5O4. The molecule has 58 heavy (non-hydrogen) atoms. The molecule has 0 saturated carbocycles. The molecule has 0 aromatic rings. The molecule has 0 aromatic heterocycles. The highest BCUT2D eigenvalue weighted by molar-refractivity contribution is 6.73. The minimum absolute atomic E-state index is 0.00348. The Balaban J connectivity index is 0.996. The number of rotatable bonds is 8. The molecule has 1 N–H and O–H groups in total. The van der Waals surface area contributed by atoms with Crippen molar-refractivity contribution in [3.8, 4) is 0 Å². The van der Waals surface area contributed by atoms with Crippen LogP contribution < -0.4 is 0 Å². The zero-order valence-electron chi connectivity index (χ0n) is 37.0. The Morgan fingerprint density at radius 1 is 0.776 bits per heavy atom. The van der Waals surface area contributed by atoms with Crippen LogP contribution in [0.25, 0.3) is 0 Å². The molecule has 0 amide bonds. The summed E-state index contributed by atoms with van der Waals surface area (Å²) in [5.41, 5.74) is 2.37. The van der Waals surface area contributed by atoms with E-state index in [0.29, 0.717) is 30.6 Å². The van der Waals surface area contributed by atoms with E-state index in [0.717, 1.165) is 70.8 Å². The minimum Gasteiger partial charge on any atom is -0.417 e. The van der Waals surface area contributed by atoms with Gasteiger partial charge in [0.15, 0.2) is 14.1 Å². The first-order chi connectivity index (χ1) is 27.8. The smallest absolute Gasteiger partial charge is 0.191 e. The maximum Gasteiger partial charge on any atom is 0.191 e. The summed E-state index contributed by atoms with van der Waals surface area (Å²) in [6.07, 6.45) is 13.8. The quantitative estimate of drug-likeness (QED) is 0.190. The van der Waals surface area contributed by atoms with Gasteiger partial charge in [-0.2, -0.15) is 0 Å². The van der Waals surface area contributed by atoms with Gasteiger partial charge in [0.1, 0.15) is 18.3 Å². The summed E-state index contributed by atoms with van der Waals surface area (Å²) in [5, 5.41) is 11.7. The van der Waals surface area contributed by atoms with E-state index in [1.54, 1.807) is 0 Å². The van der Waals surface area contributed by atoms with Gasteiger partial charge in [-0.15, -0.1) is 0 Å². The fourth-order valence-electron chi connectivity index (χ4n) is 12.4. The lowest BCUT2D eigenvalue weighted by Crippen LogP contribution is -2.54. The summed E-state index contributed by atoms with van der Waals surface area (Å²) >= 11 is 0. The molecule has 8 fully saturated rings. The molecule has 0 radical (unpaired) electrons. The Kier molecular flexibility index (Phi) is 13.6. The van der Waals surface area contributed by atoms with Gasteiger partial charge >= 0.3 is 0 Å². The Bertz CT molecular complexity index is 1460. The highest BCUT2D eigenvalue weighted by Gasteiger charge is 2.67. The highest BCUT2D eigenvalue weighted by Crippen LogP contribution is 2.54. The minimum atomic E-state index is -1.66. The van der Waals surface area contributed by atoms with Crippen molar-refractivity contribution >= 4 is 8.32 Å². The van der Waals surface area contributed by atoms with Gasteiger partial charge in [-0.1, -0.05) is 73.8 Å². The first kappa shape index (κ1) is 43.7. The van der Waals surface area contributed by atoms with E-state index in [-0.39, 0.29) is 85.1 Å². The molecule has 328 valence electrons. The summed E-state index contributed by atoms with van der Waals surface area (Å²) < 4.78 is 54.8. The van der Waals surface area contributed by atoms with Gasteiger partial charge in [-0.05, 0) is 111 Å². The third-order valence-corrected chi connectivity index (χ3v) is 21.1. The van der Waals surface area contributed by atoms with Crippen LogP contribution in [0.5, 0.6) is 0 Å². The lowest BCUT2D eigenvalue weighted by atomic mass is 9.78. The standard InChI is InChI=1S/C48H78O9Si/c1-10-58(11-2,12-3)50-27-28(4)21-40-32(8)37-24-34(49)15-13-14-16-39-33(9)44-46-47(54-39)45-43(55-46)26-48(56-44,57-45)20-19-36-23-30(6)38(51-36)18-17-35-22-29(5)31(7)41(52-35)25-42(37)53-40/h13-14,28-29,32-47,49H,6-7,10-12,15-27H2,1-5,8-9H3/b14-13+/t28-,29+,32+,33-,34?,35-,36?,37+,38?,39-,40+,41?,42-,43+,44-,45?,46-,47-,48+/m0/s1. The van der Waals surface area contributed by atoms with Crippen molar-refractivity contribution in [1.29, 1.82) is 0 Å². The molecule has 0 aromatic carbocycles. The Hall–Kier alpha value is -0.923. The molecule has 9 nitrogen and oxygen atoms in total. The first-order valence-electron chi connectivity index (χ1n) is 23.8. The second kappa shape index (κ2) is 18.1. The average molecular weight is 827 g/mol. The highest BCUT2D eigenvalue weighted by atomic mass is 28.4. The van der Waals surface area contributed by atoms with Crippen molar-refractivity contribution < 1.29 is 42.7 Å². The van der Waals surface area contributed by atoms with Crippen LogP contribution in [0.15, 0.2) is 36.5 Å².